The lowest BCUT2D eigenvalue weighted by atomic mass is 10.1. The van der Waals surface area contributed by atoms with Crippen molar-refractivity contribution in [1.82, 2.24) is 4.98 Å². The molecule has 0 spiro atoms. The average molecular weight is 356 g/mol. The number of rotatable bonds is 4. The number of halogens is 1. The Bertz CT molecular complexity index is 715. The van der Waals surface area contributed by atoms with E-state index in [1.165, 1.54) is 12.1 Å². The molecule has 0 N–H and O–H groups in total. The Labute approximate surface area is 127 Å². The number of pyridine rings is 1. The van der Waals surface area contributed by atoms with Gasteiger partial charge in [-0.25, -0.2) is 0 Å². The Balaban J connectivity index is 2.45. The van der Waals surface area contributed by atoms with Crippen molar-refractivity contribution >= 4 is 26.0 Å². The Morgan fingerprint density at radius 1 is 1.20 bits per heavy atom. The molecule has 0 aliphatic rings. The molecule has 1 aromatic heterocycles. The maximum atomic E-state index is 12.2. The Kier molecular flexibility index (Phi) is 4.45. The second kappa shape index (κ2) is 5.93. The van der Waals surface area contributed by atoms with Crippen LogP contribution in [0, 0.1) is 13.8 Å². The number of benzene rings is 1. The van der Waals surface area contributed by atoms with Crippen molar-refractivity contribution in [2.45, 2.75) is 24.1 Å². The highest BCUT2D eigenvalue weighted by atomic mass is 79.9. The van der Waals surface area contributed by atoms with Gasteiger partial charge in [0.1, 0.15) is 4.90 Å². The number of hydrogen-bond acceptors (Lipinski definition) is 4. The zero-order valence-corrected chi connectivity index (χ0v) is 13.5. The monoisotopic (exact) mass is 355 g/mol. The first-order chi connectivity index (χ1) is 9.45. The summed E-state index contributed by atoms with van der Waals surface area (Å²) in [6.07, 6.45) is 1.71. The van der Waals surface area contributed by atoms with Crippen LogP contribution in [0.2, 0.25) is 0 Å². The molecule has 0 atom stereocenters. The van der Waals surface area contributed by atoms with Gasteiger partial charge in [0, 0.05) is 17.1 Å². The van der Waals surface area contributed by atoms with E-state index >= 15 is 0 Å². The largest absolute Gasteiger partial charge is 0.377 e. The SMILES string of the molecule is Cc1ncc(CBr)c(C)c1OS(=O)(=O)c1ccccc1. The fourth-order valence-electron chi connectivity index (χ4n) is 1.75. The number of hydrogen-bond donors (Lipinski definition) is 0. The highest BCUT2D eigenvalue weighted by Crippen LogP contribution is 2.28. The third-order valence-electron chi connectivity index (χ3n) is 2.93. The summed E-state index contributed by atoms with van der Waals surface area (Å²) in [6.45, 7) is 3.54. The van der Waals surface area contributed by atoms with Gasteiger partial charge < -0.3 is 4.18 Å². The quantitative estimate of drug-likeness (QED) is 0.623. The fraction of sp³-hybridized carbons (Fsp3) is 0.214. The lowest BCUT2D eigenvalue weighted by molar-refractivity contribution is 0.480. The maximum Gasteiger partial charge on any atom is 0.339 e. The van der Waals surface area contributed by atoms with Crippen molar-refractivity contribution in [1.29, 1.82) is 0 Å². The van der Waals surface area contributed by atoms with E-state index in [1.807, 2.05) is 6.92 Å². The summed E-state index contributed by atoms with van der Waals surface area (Å²) in [7, 11) is -3.84. The van der Waals surface area contributed by atoms with Crippen LogP contribution in [-0.4, -0.2) is 13.4 Å². The highest BCUT2D eigenvalue weighted by Gasteiger charge is 2.20. The van der Waals surface area contributed by atoms with E-state index in [0.29, 0.717) is 16.8 Å². The molecule has 0 aliphatic carbocycles. The van der Waals surface area contributed by atoms with Crippen molar-refractivity contribution in [2.24, 2.45) is 0 Å². The topological polar surface area (TPSA) is 56.3 Å². The molecule has 6 heteroatoms. The fourth-order valence-corrected chi connectivity index (χ4v) is 3.37. The lowest BCUT2D eigenvalue weighted by Crippen LogP contribution is -2.12. The molecule has 0 fully saturated rings. The summed E-state index contributed by atoms with van der Waals surface area (Å²) in [5.74, 6) is 0.297. The van der Waals surface area contributed by atoms with Crippen molar-refractivity contribution < 1.29 is 12.6 Å². The summed E-state index contributed by atoms with van der Waals surface area (Å²) in [4.78, 5) is 4.30. The zero-order valence-electron chi connectivity index (χ0n) is 11.1. The first-order valence-electron chi connectivity index (χ1n) is 5.96. The van der Waals surface area contributed by atoms with Crippen molar-refractivity contribution in [2.75, 3.05) is 0 Å². The summed E-state index contributed by atoms with van der Waals surface area (Å²) in [5, 5.41) is 0.591. The number of nitrogens with zero attached hydrogens (tertiary/aromatic N) is 1. The van der Waals surface area contributed by atoms with E-state index in [4.69, 9.17) is 4.18 Å². The summed E-state index contributed by atoms with van der Waals surface area (Å²) >= 11 is 3.35. The van der Waals surface area contributed by atoms with Crippen molar-refractivity contribution in [3.63, 3.8) is 0 Å². The third-order valence-corrected chi connectivity index (χ3v) is 4.77. The molecule has 2 aromatic rings. The molecule has 20 heavy (non-hydrogen) atoms. The zero-order chi connectivity index (χ0) is 14.8. The highest BCUT2D eigenvalue weighted by molar-refractivity contribution is 9.08. The first-order valence-corrected chi connectivity index (χ1v) is 8.49. The van der Waals surface area contributed by atoms with E-state index in [9.17, 15) is 8.42 Å². The Hall–Kier alpha value is -1.40. The van der Waals surface area contributed by atoms with Crippen LogP contribution in [0.25, 0.3) is 0 Å². The second-order valence-electron chi connectivity index (χ2n) is 4.31. The van der Waals surface area contributed by atoms with Crippen molar-refractivity contribution in [3.8, 4) is 5.75 Å². The molecule has 0 aliphatic heterocycles. The molecule has 0 saturated heterocycles. The van der Waals surface area contributed by atoms with Crippen LogP contribution in [0.4, 0.5) is 0 Å². The molecule has 0 amide bonds. The third kappa shape index (κ3) is 3.02. The van der Waals surface area contributed by atoms with E-state index < -0.39 is 10.1 Å². The predicted molar refractivity (Wildman–Crippen MR) is 80.6 cm³/mol. The maximum absolute atomic E-state index is 12.2. The number of alkyl halides is 1. The summed E-state index contributed by atoms with van der Waals surface area (Å²) < 4.78 is 29.8. The van der Waals surface area contributed by atoms with Gasteiger partial charge in [-0.15, -0.1) is 0 Å². The summed E-state index contributed by atoms with van der Waals surface area (Å²) in [6, 6.07) is 8.07. The van der Waals surface area contributed by atoms with Gasteiger partial charge in [-0.2, -0.15) is 8.42 Å². The van der Waals surface area contributed by atoms with Gasteiger partial charge in [0.2, 0.25) is 0 Å². The molecular weight excluding hydrogens is 342 g/mol. The van der Waals surface area contributed by atoms with Crippen LogP contribution >= 0.6 is 15.9 Å². The van der Waals surface area contributed by atoms with Gasteiger partial charge >= 0.3 is 10.1 Å². The van der Waals surface area contributed by atoms with Gasteiger partial charge in [0.15, 0.2) is 5.75 Å². The van der Waals surface area contributed by atoms with Gasteiger partial charge in [-0.3, -0.25) is 4.98 Å². The van der Waals surface area contributed by atoms with Crippen LogP contribution in [0.1, 0.15) is 16.8 Å². The van der Waals surface area contributed by atoms with E-state index in [2.05, 4.69) is 20.9 Å². The normalized spacial score (nSPS) is 11.3. The molecule has 4 nitrogen and oxygen atoms in total. The average Bonchev–Trinajstić information content (AvgIpc) is 2.45. The van der Waals surface area contributed by atoms with Gasteiger partial charge in [0.05, 0.1) is 5.69 Å². The molecule has 1 heterocycles. The first kappa shape index (κ1) is 15.0. The van der Waals surface area contributed by atoms with Crippen LogP contribution in [0.3, 0.4) is 0 Å². The van der Waals surface area contributed by atoms with Crippen LogP contribution in [0.5, 0.6) is 5.75 Å². The molecule has 0 bridgehead atoms. The minimum atomic E-state index is -3.84. The van der Waals surface area contributed by atoms with Crippen LogP contribution in [-0.2, 0) is 15.4 Å². The molecule has 106 valence electrons. The molecule has 0 saturated carbocycles. The standard InChI is InChI=1S/C14H14BrNO3S/c1-10-12(8-15)9-16-11(2)14(10)19-20(17,18)13-6-4-3-5-7-13/h3-7,9H,8H2,1-2H3. The van der Waals surface area contributed by atoms with Gasteiger partial charge in [-0.05, 0) is 31.5 Å². The predicted octanol–water partition coefficient (Wildman–Crippen LogP) is 3.36. The van der Waals surface area contributed by atoms with E-state index in [-0.39, 0.29) is 4.90 Å². The second-order valence-corrected chi connectivity index (χ2v) is 6.41. The molecule has 0 radical (unpaired) electrons. The minimum absolute atomic E-state index is 0.128. The minimum Gasteiger partial charge on any atom is -0.377 e. The molecule has 2 rings (SSSR count). The molecule has 1 aromatic carbocycles. The van der Waals surface area contributed by atoms with Crippen molar-refractivity contribution in [3.05, 3.63) is 53.3 Å². The smallest absolute Gasteiger partial charge is 0.339 e. The number of aryl methyl sites for hydroxylation is 1. The summed E-state index contributed by atoms with van der Waals surface area (Å²) in [5.41, 5.74) is 2.22. The molecular formula is C14H14BrNO3S. The Morgan fingerprint density at radius 3 is 2.45 bits per heavy atom. The number of aromatic nitrogens is 1. The lowest BCUT2D eigenvalue weighted by Gasteiger charge is -2.13. The van der Waals surface area contributed by atoms with Crippen LogP contribution in [0.15, 0.2) is 41.4 Å². The van der Waals surface area contributed by atoms with Gasteiger partial charge in [0.25, 0.3) is 0 Å². The van der Waals surface area contributed by atoms with Crippen LogP contribution < -0.4 is 4.18 Å². The van der Waals surface area contributed by atoms with E-state index in [1.54, 1.807) is 31.3 Å². The van der Waals surface area contributed by atoms with E-state index in [0.717, 1.165) is 11.1 Å². The molecule has 0 unspecified atom stereocenters. The Morgan fingerprint density at radius 2 is 1.85 bits per heavy atom. The van der Waals surface area contributed by atoms with Gasteiger partial charge in [-0.1, -0.05) is 34.1 Å².